The lowest BCUT2D eigenvalue weighted by Crippen LogP contribution is -1.90. The first-order chi connectivity index (χ1) is 7.65. The first-order valence-electron chi connectivity index (χ1n) is 4.37. The molecule has 1 aromatic heterocycles. The molecule has 0 atom stereocenters. The molecular weight excluding hydrogens is 231 g/mol. The summed E-state index contributed by atoms with van der Waals surface area (Å²) in [6.45, 7) is 0. The lowest BCUT2D eigenvalue weighted by atomic mass is 10.3. The van der Waals surface area contributed by atoms with Crippen LogP contribution in [0.1, 0.15) is 9.67 Å². The third kappa shape index (κ3) is 2.34. The summed E-state index contributed by atoms with van der Waals surface area (Å²) < 4.78 is 12.6. The average molecular weight is 238 g/mol. The summed E-state index contributed by atoms with van der Waals surface area (Å²) in [6.07, 6.45) is 1.28. The zero-order valence-corrected chi connectivity index (χ0v) is 8.79. The second kappa shape index (κ2) is 4.28. The van der Waals surface area contributed by atoms with Gasteiger partial charge in [-0.15, -0.1) is 0 Å². The summed E-state index contributed by atoms with van der Waals surface area (Å²) in [6, 6.07) is 5.73. The van der Waals surface area contributed by atoms with Crippen molar-refractivity contribution in [2.24, 2.45) is 0 Å². The van der Waals surface area contributed by atoms with Crippen LogP contribution in [-0.2, 0) is 0 Å². The Labute approximate surface area is 94.4 Å². The van der Waals surface area contributed by atoms with Crippen LogP contribution in [0.15, 0.2) is 30.5 Å². The van der Waals surface area contributed by atoms with E-state index in [4.69, 9.17) is 5.11 Å². The number of hydrogen-bond donors (Lipinski definition) is 2. The molecule has 2 aromatic rings. The molecule has 0 saturated carbocycles. The number of benzene rings is 1. The second-order valence-corrected chi connectivity index (χ2v) is 4.00. The SMILES string of the molecule is O=C(O)c1cnc(Nc2ccc(F)cc2)s1. The zero-order chi connectivity index (χ0) is 11.5. The number of thiazole rings is 1. The normalized spacial score (nSPS) is 10.1. The largest absolute Gasteiger partial charge is 0.477 e. The van der Waals surface area contributed by atoms with Crippen LogP contribution in [0.25, 0.3) is 0 Å². The van der Waals surface area contributed by atoms with Crippen molar-refractivity contribution < 1.29 is 14.3 Å². The molecule has 0 bridgehead atoms. The van der Waals surface area contributed by atoms with Gasteiger partial charge in [0.25, 0.3) is 0 Å². The average Bonchev–Trinajstić information content (AvgIpc) is 2.70. The fourth-order valence-corrected chi connectivity index (χ4v) is 1.76. The molecule has 0 aliphatic rings. The Kier molecular flexibility index (Phi) is 2.82. The first kappa shape index (κ1) is 10.6. The number of halogens is 1. The van der Waals surface area contributed by atoms with Gasteiger partial charge in [-0.3, -0.25) is 0 Å². The predicted molar refractivity (Wildman–Crippen MR) is 58.8 cm³/mol. The molecule has 0 spiro atoms. The van der Waals surface area contributed by atoms with Crippen LogP contribution in [0.4, 0.5) is 15.2 Å². The summed E-state index contributed by atoms with van der Waals surface area (Å²) in [5.41, 5.74) is 0.660. The van der Waals surface area contributed by atoms with E-state index < -0.39 is 5.97 Å². The number of nitrogens with one attached hydrogen (secondary N) is 1. The number of anilines is 2. The fourth-order valence-electron chi connectivity index (χ4n) is 1.09. The van der Waals surface area contributed by atoms with E-state index >= 15 is 0 Å². The van der Waals surface area contributed by atoms with Gasteiger partial charge in [-0.05, 0) is 24.3 Å². The Bertz CT molecular complexity index is 510. The minimum atomic E-state index is -1.01. The van der Waals surface area contributed by atoms with Crippen LogP contribution in [0.5, 0.6) is 0 Å². The van der Waals surface area contributed by atoms with Crippen molar-refractivity contribution in [1.29, 1.82) is 0 Å². The molecule has 1 aromatic carbocycles. The summed E-state index contributed by atoms with van der Waals surface area (Å²) in [4.78, 5) is 14.6. The Morgan fingerprint density at radius 2 is 2.06 bits per heavy atom. The van der Waals surface area contributed by atoms with Crippen molar-refractivity contribution in [2.75, 3.05) is 5.32 Å². The van der Waals surface area contributed by atoms with Gasteiger partial charge >= 0.3 is 5.97 Å². The molecule has 0 saturated heterocycles. The second-order valence-electron chi connectivity index (χ2n) is 2.97. The molecule has 0 fully saturated rings. The highest BCUT2D eigenvalue weighted by molar-refractivity contribution is 7.17. The Morgan fingerprint density at radius 3 is 2.62 bits per heavy atom. The van der Waals surface area contributed by atoms with Crippen LogP contribution in [0.3, 0.4) is 0 Å². The lowest BCUT2D eigenvalue weighted by molar-refractivity contribution is 0.0702. The van der Waals surface area contributed by atoms with Crippen molar-refractivity contribution >= 4 is 28.1 Å². The zero-order valence-electron chi connectivity index (χ0n) is 7.98. The summed E-state index contributed by atoms with van der Waals surface area (Å²) >= 11 is 1.02. The van der Waals surface area contributed by atoms with Crippen LogP contribution in [-0.4, -0.2) is 16.1 Å². The number of hydrogen-bond acceptors (Lipinski definition) is 4. The minimum absolute atomic E-state index is 0.157. The molecule has 2 rings (SSSR count). The Balaban J connectivity index is 2.14. The van der Waals surface area contributed by atoms with Gasteiger partial charge in [-0.25, -0.2) is 14.2 Å². The van der Waals surface area contributed by atoms with Crippen molar-refractivity contribution in [3.05, 3.63) is 41.2 Å². The monoisotopic (exact) mass is 238 g/mol. The maximum absolute atomic E-state index is 12.6. The quantitative estimate of drug-likeness (QED) is 0.863. The molecule has 16 heavy (non-hydrogen) atoms. The summed E-state index contributed by atoms with van der Waals surface area (Å²) in [7, 11) is 0. The van der Waals surface area contributed by atoms with Crippen molar-refractivity contribution in [3.8, 4) is 0 Å². The van der Waals surface area contributed by atoms with Crippen LogP contribution in [0.2, 0.25) is 0 Å². The van der Waals surface area contributed by atoms with Gasteiger partial charge in [-0.2, -0.15) is 0 Å². The van der Waals surface area contributed by atoms with E-state index in [9.17, 15) is 9.18 Å². The summed E-state index contributed by atoms with van der Waals surface area (Å²) in [5.74, 6) is -1.33. The number of carbonyl (C=O) groups is 1. The predicted octanol–water partition coefficient (Wildman–Crippen LogP) is 2.72. The van der Waals surface area contributed by atoms with E-state index in [-0.39, 0.29) is 10.7 Å². The smallest absolute Gasteiger partial charge is 0.347 e. The van der Waals surface area contributed by atoms with E-state index in [1.165, 1.54) is 18.3 Å². The van der Waals surface area contributed by atoms with Gasteiger partial charge in [-0.1, -0.05) is 11.3 Å². The van der Waals surface area contributed by atoms with Gasteiger partial charge in [0.1, 0.15) is 10.7 Å². The van der Waals surface area contributed by atoms with E-state index in [1.54, 1.807) is 12.1 Å². The van der Waals surface area contributed by atoms with Crippen LogP contribution >= 0.6 is 11.3 Å². The molecule has 0 radical (unpaired) electrons. The Morgan fingerprint density at radius 1 is 1.38 bits per heavy atom. The number of nitrogens with zero attached hydrogens (tertiary/aromatic N) is 1. The summed E-state index contributed by atoms with van der Waals surface area (Å²) in [5, 5.41) is 12.0. The molecule has 2 N–H and O–H groups in total. The third-order valence-corrected chi connectivity index (χ3v) is 2.71. The maximum Gasteiger partial charge on any atom is 0.347 e. The molecule has 0 amide bonds. The van der Waals surface area contributed by atoms with Crippen LogP contribution in [0, 0.1) is 5.82 Å². The standard InChI is InChI=1S/C10H7FN2O2S/c11-6-1-3-7(4-2-6)13-10-12-5-8(16-10)9(14)15/h1-5H,(H,12,13)(H,14,15). The van der Waals surface area contributed by atoms with Crippen molar-refractivity contribution in [3.63, 3.8) is 0 Å². The number of rotatable bonds is 3. The number of aromatic carboxylic acids is 1. The van der Waals surface area contributed by atoms with E-state index in [1.807, 2.05) is 0 Å². The highest BCUT2D eigenvalue weighted by Crippen LogP contribution is 2.22. The molecule has 6 heteroatoms. The Hall–Kier alpha value is -1.95. The molecular formula is C10H7FN2O2S. The molecule has 1 heterocycles. The van der Waals surface area contributed by atoms with Gasteiger partial charge in [0.05, 0.1) is 6.20 Å². The van der Waals surface area contributed by atoms with E-state index in [0.29, 0.717) is 10.8 Å². The van der Waals surface area contributed by atoms with E-state index in [2.05, 4.69) is 10.3 Å². The van der Waals surface area contributed by atoms with Gasteiger partial charge in [0.2, 0.25) is 0 Å². The third-order valence-electron chi connectivity index (χ3n) is 1.81. The lowest BCUT2D eigenvalue weighted by Gasteiger charge is -2.00. The molecule has 82 valence electrons. The highest BCUT2D eigenvalue weighted by atomic mass is 32.1. The topological polar surface area (TPSA) is 62.2 Å². The number of aromatic nitrogens is 1. The molecule has 0 aliphatic carbocycles. The highest BCUT2D eigenvalue weighted by Gasteiger charge is 2.08. The fraction of sp³-hybridized carbons (Fsp3) is 0. The maximum atomic E-state index is 12.6. The van der Waals surface area contributed by atoms with Gasteiger partial charge in [0.15, 0.2) is 5.13 Å². The number of carboxylic acid groups (broad SMARTS) is 1. The van der Waals surface area contributed by atoms with Crippen molar-refractivity contribution in [1.82, 2.24) is 4.98 Å². The molecule has 4 nitrogen and oxygen atoms in total. The van der Waals surface area contributed by atoms with Crippen molar-refractivity contribution in [2.45, 2.75) is 0 Å². The molecule has 0 aliphatic heterocycles. The first-order valence-corrected chi connectivity index (χ1v) is 5.18. The van der Waals surface area contributed by atoms with Gasteiger partial charge in [0, 0.05) is 5.69 Å². The number of carboxylic acids is 1. The van der Waals surface area contributed by atoms with Gasteiger partial charge < -0.3 is 10.4 Å². The van der Waals surface area contributed by atoms with Crippen LogP contribution < -0.4 is 5.32 Å². The minimum Gasteiger partial charge on any atom is -0.477 e. The van der Waals surface area contributed by atoms with E-state index in [0.717, 1.165) is 11.3 Å². The molecule has 0 unspecified atom stereocenters.